The molecule has 1 aliphatic rings. The number of rotatable bonds is 4. The first-order valence-electron chi connectivity index (χ1n) is 9.70. The van der Waals surface area contributed by atoms with Crippen molar-refractivity contribution in [3.63, 3.8) is 0 Å². The van der Waals surface area contributed by atoms with E-state index in [1.807, 2.05) is 26.8 Å². The Bertz CT molecular complexity index is 1030. The number of fused-ring (bicyclic) bond motifs is 1. The molecule has 0 aliphatic carbocycles. The van der Waals surface area contributed by atoms with E-state index in [-0.39, 0.29) is 5.78 Å². The van der Waals surface area contributed by atoms with Gasteiger partial charge in [0.2, 0.25) is 0 Å². The summed E-state index contributed by atoms with van der Waals surface area (Å²) in [5.41, 5.74) is 4.21. The zero-order valence-corrected chi connectivity index (χ0v) is 16.9. The van der Waals surface area contributed by atoms with Crippen molar-refractivity contribution < 1.29 is 9.53 Å². The van der Waals surface area contributed by atoms with E-state index in [4.69, 9.17) is 9.72 Å². The Balaban J connectivity index is 1.75. The summed E-state index contributed by atoms with van der Waals surface area (Å²) in [6, 6.07) is 6.17. The minimum absolute atomic E-state index is 0.0542. The van der Waals surface area contributed by atoms with E-state index in [1.165, 1.54) is 12.8 Å². The van der Waals surface area contributed by atoms with Crippen LogP contribution in [0.1, 0.15) is 44.0 Å². The maximum Gasteiger partial charge on any atom is 0.171 e. The van der Waals surface area contributed by atoms with Crippen molar-refractivity contribution in [2.24, 2.45) is 5.41 Å². The quantitative estimate of drug-likeness (QED) is 0.679. The summed E-state index contributed by atoms with van der Waals surface area (Å²) in [5, 5.41) is 0. The molecule has 146 valence electrons. The van der Waals surface area contributed by atoms with Gasteiger partial charge in [0.05, 0.1) is 24.6 Å². The molecule has 1 saturated heterocycles. The SMILES string of the molecule is COc1cc(-c2cnc3c(C(=O)C(C)(C)C)c[nH]c3n2)cc(N2CCCC2)c1. The summed E-state index contributed by atoms with van der Waals surface area (Å²) < 4.78 is 5.51. The summed E-state index contributed by atoms with van der Waals surface area (Å²) in [7, 11) is 1.68. The number of benzene rings is 1. The van der Waals surface area contributed by atoms with Gasteiger partial charge < -0.3 is 14.6 Å². The normalized spacial score (nSPS) is 14.6. The number of anilines is 1. The van der Waals surface area contributed by atoms with Crippen molar-refractivity contribution in [3.8, 4) is 17.0 Å². The minimum atomic E-state index is -0.465. The number of nitrogens with zero attached hydrogens (tertiary/aromatic N) is 3. The maximum atomic E-state index is 12.7. The van der Waals surface area contributed by atoms with Gasteiger partial charge >= 0.3 is 0 Å². The number of H-pyrrole nitrogens is 1. The number of ether oxygens (including phenoxy) is 1. The molecule has 1 aromatic carbocycles. The largest absolute Gasteiger partial charge is 0.497 e. The third-order valence-corrected chi connectivity index (χ3v) is 5.20. The van der Waals surface area contributed by atoms with Crippen LogP contribution in [-0.2, 0) is 0 Å². The molecular weight excluding hydrogens is 352 g/mol. The average molecular weight is 378 g/mol. The summed E-state index contributed by atoms with van der Waals surface area (Å²) in [6.07, 6.45) is 5.87. The first-order chi connectivity index (χ1) is 13.4. The predicted molar refractivity (Wildman–Crippen MR) is 111 cm³/mol. The van der Waals surface area contributed by atoms with E-state index < -0.39 is 5.41 Å². The number of Topliss-reactive ketones (excluding diaryl/α,β-unsaturated/α-hetero) is 1. The van der Waals surface area contributed by atoms with Gasteiger partial charge in [0.15, 0.2) is 11.4 Å². The van der Waals surface area contributed by atoms with Crippen molar-refractivity contribution in [3.05, 3.63) is 36.2 Å². The number of nitrogens with one attached hydrogen (secondary N) is 1. The van der Waals surface area contributed by atoms with Crippen LogP contribution in [0.3, 0.4) is 0 Å². The van der Waals surface area contributed by atoms with Crippen molar-refractivity contribution in [1.29, 1.82) is 0 Å². The second-order valence-electron chi connectivity index (χ2n) is 8.35. The summed E-state index contributed by atoms with van der Waals surface area (Å²) in [6.45, 7) is 7.85. The lowest BCUT2D eigenvalue weighted by molar-refractivity contribution is 0.0860. The smallest absolute Gasteiger partial charge is 0.171 e. The van der Waals surface area contributed by atoms with E-state index >= 15 is 0 Å². The molecule has 1 N–H and O–H groups in total. The fraction of sp³-hybridized carbons (Fsp3) is 0.409. The van der Waals surface area contributed by atoms with Crippen LogP contribution >= 0.6 is 0 Å². The van der Waals surface area contributed by atoms with Crippen LogP contribution in [0.25, 0.3) is 22.4 Å². The molecule has 1 aliphatic heterocycles. The Labute approximate surface area is 164 Å². The number of aromatic amines is 1. The van der Waals surface area contributed by atoms with Crippen LogP contribution in [0.2, 0.25) is 0 Å². The van der Waals surface area contributed by atoms with E-state index in [1.54, 1.807) is 19.5 Å². The summed E-state index contributed by atoms with van der Waals surface area (Å²) in [4.78, 5) is 27.4. The van der Waals surface area contributed by atoms with Gasteiger partial charge in [0.25, 0.3) is 0 Å². The minimum Gasteiger partial charge on any atom is -0.497 e. The molecule has 2 aromatic heterocycles. The molecule has 0 unspecified atom stereocenters. The molecule has 3 heterocycles. The highest BCUT2D eigenvalue weighted by atomic mass is 16.5. The number of aromatic nitrogens is 3. The molecule has 6 nitrogen and oxygen atoms in total. The molecule has 0 spiro atoms. The zero-order chi connectivity index (χ0) is 19.9. The molecule has 0 saturated carbocycles. The highest BCUT2D eigenvalue weighted by Gasteiger charge is 2.26. The van der Waals surface area contributed by atoms with Crippen LogP contribution in [0.5, 0.6) is 5.75 Å². The van der Waals surface area contributed by atoms with Gasteiger partial charge in [-0.3, -0.25) is 4.79 Å². The van der Waals surface area contributed by atoms with E-state index in [0.29, 0.717) is 16.7 Å². The van der Waals surface area contributed by atoms with Gasteiger partial charge in [-0.1, -0.05) is 20.8 Å². The third kappa shape index (κ3) is 3.35. The number of carbonyl (C=O) groups excluding carboxylic acids is 1. The Morgan fingerprint density at radius 1 is 1.18 bits per heavy atom. The first-order valence-corrected chi connectivity index (χ1v) is 9.70. The number of methoxy groups -OCH3 is 1. The van der Waals surface area contributed by atoms with Gasteiger partial charge in [-0.15, -0.1) is 0 Å². The average Bonchev–Trinajstić information content (AvgIpc) is 3.35. The number of hydrogen-bond donors (Lipinski definition) is 1. The Morgan fingerprint density at radius 3 is 2.61 bits per heavy atom. The van der Waals surface area contributed by atoms with Crippen molar-refractivity contribution >= 4 is 22.6 Å². The molecule has 0 radical (unpaired) electrons. The lowest BCUT2D eigenvalue weighted by Gasteiger charge is -2.19. The van der Waals surface area contributed by atoms with Crippen molar-refractivity contribution in [2.45, 2.75) is 33.6 Å². The van der Waals surface area contributed by atoms with Crippen molar-refractivity contribution in [1.82, 2.24) is 15.0 Å². The van der Waals surface area contributed by atoms with Gasteiger partial charge in [0, 0.05) is 42.0 Å². The standard InChI is InChI=1S/C22H26N4O2/c1-22(2,3)20(27)17-12-24-21-19(17)23-13-18(25-21)14-9-15(11-16(10-14)28-4)26-7-5-6-8-26/h9-13H,5-8H2,1-4H3,(H,24,25). The Kier molecular flexibility index (Phi) is 4.57. The summed E-state index contributed by atoms with van der Waals surface area (Å²) in [5.74, 6) is 0.856. The number of hydrogen-bond acceptors (Lipinski definition) is 5. The Hall–Kier alpha value is -2.89. The van der Waals surface area contributed by atoms with E-state index in [0.717, 1.165) is 35.8 Å². The van der Waals surface area contributed by atoms with Crippen LogP contribution < -0.4 is 9.64 Å². The molecule has 3 aromatic rings. The third-order valence-electron chi connectivity index (χ3n) is 5.20. The van der Waals surface area contributed by atoms with E-state index in [2.05, 4.69) is 27.0 Å². The van der Waals surface area contributed by atoms with E-state index in [9.17, 15) is 4.79 Å². The molecule has 28 heavy (non-hydrogen) atoms. The highest BCUT2D eigenvalue weighted by molar-refractivity contribution is 6.08. The molecule has 0 bridgehead atoms. The molecular formula is C22H26N4O2. The van der Waals surface area contributed by atoms with Gasteiger partial charge in [-0.25, -0.2) is 9.97 Å². The fourth-order valence-electron chi connectivity index (χ4n) is 3.62. The van der Waals surface area contributed by atoms with Gasteiger partial charge in [-0.2, -0.15) is 0 Å². The number of ketones is 1. The first kappa shape index (κ1) is 18.5. The lowest BCUT2D eigenvalue weighted by atomic mass is 9.87. The second-order valence-corrected chi connectivity index (χ2v) is 8.35. The van der Waals surface area contributed by atoms with Gasteiger partial charge in [-0.05, 0) is 25.0 Å². The van der Waals surface area contributed by atoms with Crippen molar-refractivity contribution in [2.75, 3.05) is 25.1 Å². The maximum absolute atomic E-state index is 12.7. The predicted octanol–water partition coefficient (Wildman–Crippen LogP) is 4.46. The monoisotopic (exact) mass is 378 g/mol. The Morgan fingerprint density at radius 2 is 1.93 bits per heavy atom. The number of carbonyl (C=O) groups is 1. The fourth-order valence-corrected chi connectivity index (χ4v) is 3.62. The topological polar surface area (TPSA) is 71.1 Å². The molecule has 4 rings (SSSR count). The molecule has 6 heteroatoms. The molecule has 0 atom stereocenters. The molecule has 0 amide bonds. The summed E-state index contributed by atoms with van der Waals surface area (Å²) >= 11 is 0. The van der Waals surface area contributed by atoms with Crippen LogP contribution in [0.15, 0.2) is 30.6 Å². The zero-order valence-electron chi connectivity index (χ0n) is 16.9. The lowest BCUT2D eigenvalue weighted by Crippen LogP contribution is -2.20. The highest BCUT2D eigenvalue weighted by Crippen LogP contribution is 2.32. The van der Waals surface area contributed by atoms with Crippen LogP contribution in [0.4, 0.5) is 5.69 Å². The molecule has 1 fully saturated rings. The van der Waals surface area contributed by atoms with Crippen LogP contribution in [-0.4, -0.2) is 40.9 Å². The van der Waals surface area contributed by atoms with Crippen LogP contribution in [0, 0.1) is 5.41 Å². The van der Waals surface area contributed by atoms with Gasteiger partial charge in [0.1, 0.15) is 11.3 Å². The second kappa shape index (κ2) is 6.93.